The number of hydrogen-bond donors (Lipinski definition) is 1. The molecule has 0 amide bonds. The fourth-order valence-electron chi connectivity index (χ4n) is 0.478. The molecule has 1 saturated heterocycles. The summed E-state index contributed by atoms with van der Waals surface area (Å²) in [7, 11) is 0. The van der Waals surface area contributed by atoms with Gasteiger partial charge in [-0.15, -0.1) is 0 Å². The Bertz CT molecular complexity index is 93.1. The molecule has 0 aromatic heterocycles. The van der Waals surface area contributed by atoms with Gasteiger partial charge in [0.1, 0.15) is 5.82 Å². The fourth-order valence-corrected chi connectivity index (χ4v) is 0.478. The first kappa shape index (κ1) is 1.70. The normalized spacial score (nSPS) is 25.6. The van der Waals surface area contributed by atoms with E-state index in [1.165, 1.54) is 5.82 Å². The minimum atomic E-state index is 1.12. The lowest BCUT2D eigenvalue weighted by molar-refractivity contribution is 0.560. The molecule has 2 aliphatic rings. The summed E-state index contributed by atoms with van der Waals surface area (Å²) in [6, 6.07) is 0. The van der Waals surface area contributed by atoms with Crippen molar-refractivity contribution < 1.29 is 0 Å². The van der Waals surface area contributed by atoms with Crippen molar-refractivity contribution >= 4 is 0 Å². The average molecular weight is 68.1 g/mol. The lowest BCUT2D eigenvalue weighted by Gasteiger charge is -1.93. The minimum Gasteiger partial charge on any atom is -0.281 e. The van der Waals surface area contributed by atoms with E-state index in [0.29, 0.717) is 0 Å². The molecule has 26 valence electrons. The second kappa shape index (κ2) is 0.263. The van der Waals surface area contributed by atoms with E-state index in [9.17, 15) is 0 Å². The van der Waals surface area contributed by atoms with Gasteiger partial charge < -0.3 is 0 Å². The van der Waals surface area contributed by atoms with Gasteiger partial charge in [0.25, 0.3) is 0 Å². The van der Waals surface area contributed by atoms with Crippen molar-refractivity contribution in [2.45, 2.75) is 0 Å². The summed E-state index contributed by atoms with van der Waals surface area (Å²) in [6.45, 7) is 1.12. The Labute approximate surface area is 30.0 Å². The molecule has 0 saturated carbocycles. The van der Waals surface area contributed by atoms with Crippen molar-refractivity contribution in [3.63, 3.8) is 0 Å². The zero-order valence-electron chi connectivity index (χ0n) is 2.73. The summed E-state index contributed by atoms with van der Waals surface area (Å²) in [6.07, 6.45) is 2.15. The van der Waals surface area contributed by atoms with Gasteiger partial charge in [-0.25, -0.2) is 0 Å². The summed E-state index contributed by atoms with van der Waals surface area (Å²) in [5.74, 6) is 1.31. The quantitative estimate of drug-likeness (QED) is 0.393. The highest BCUT2D eigenvalue weighted by Crippen LogP contribution is 2.21. The molecule has 2 heterocycles. The van der Waals surface area contributed by atoms with Crippen LogP contribution in [-0.4, -0.2) is 11.6 Å². The Morgan fingerprint density at radius 3 is 2.80 bits per heavy atom. The molecule has 0 radical (unpaired) electrons. The minimum absolute atomic E-state index is 1.12. The van der Waals surface area contributed by atoms with E-state index in [4.69, 9.17) is 0 Å². The van der Waals surface area contributed by atoms with Crippen LogP contribution in [0.2, 0.25) is 0 Å². The molecule has 1 fully saturated rings. The first-order valence-electron chi connectivity index (χ1n) is 1.71. The van der Waals surface area contributed by atoms with E-state index >= 15 is 0 Å². The topological polar surface area (TPSA) is 25.0 Å². The van der Waals surface area contributed by atoms with Gasteiger partial charge in [0, 0.05) is 0 Å². The molecule has 2 nitrogen and oxygen atoms in total. The van der Waals surface area contributed by atoms with Crippen molar-refractivity contribution in [3.05, 3.63) is 11.9 Å². The molecule has 0 aromatic rings. The van der Waals surface area contributed by atoms with Crippen LogP contribution in [-0.2, 0) is 0 Å². The molecule has 1 N–H and O–H groups in total. The predicted octanol–water partition coefficient (Wildman–Crippen LogP) is -0.338. The molecule has 0 atom stereocenters. The number of hydrazine groups is 1. The van der Waals surface area contributed by atoms with Gasteiger partial charge in [-0.2, -0.15) is 0 Å². The lowest BCUT2D eigenvalue weighted by atomic mass is 10.5. The van der Waals surface area contributed by atoms with E-state index in [-0.39, 0.29) is 0 Å². The molecule has 5 heavy (non-hydrogen) atoms. The van der Waals surface area contributed by atoms with Gasteiger partial charge in [-0.05, 0) is 6.08 Å². The van der Waals surface area contributed by atoms with E-state index in [0.717, 1.165) is 6.54 Å². The number of fused-ring (bicyclic) bond motifs is 1. The van der Waals surface area contributed by atoms with E-state index in [2.05, 4.69) is 16.5 Å². The molecule has 0 aromatic carbocycles. The SMILES string of the molecule is C1=C2NN2C1. The summed E-state index contributed by atoms with van der Waals surface area (Å²) in [4.78, 5) is 0. The van der Waals surface area contributed by atoms with Crippen LogP contribution in [0.4, 0.5) is 0 Å². The van der Waals surface area contributed by atoms with Crippen LogP contribution in [0.1, 0.15) is 0 Å². The molecule has 2 aliphatic heterocycles. The molecule has 0 spiro atoms. The van der Waals surface area contributed by atoms with Gasteiger partial charge in [0.05, 0.1) is 6.54 Å². The third-order valence-corrected chi connectivity index (χ3v) is 0.958. The maximum atomic E-state index is 3.00. The highest BCUT2D eigenvalue weighted by atomic mass is 15.7. The molecule has 0 unspecified atom stereocenters. The first-order chi connectivity index (χ1) is 2.47. The van der Waals surface area contributed by atoms with Crippen molar-refractivity contribution in [1.29, 1.82) is 0 Å². The van der Waals surface area contributed by atoms with Crippen LogP contribution < -0.4 is 5.43 Å². The Kier molecular flexibility index (Phi) is 0.0893. The third-order valence-electron chi connectivity index (χ3n) is 0.958. The third kappa shape index (κ3) is 0.0561. The van der Waals surface area contributed by atoms with Crippen LogP contribution in [0, 0.1) is 0 Å². The van der Waals surface area contributed by atoms with Gasteiger partial charge in [0.15, 0.2) is 0 Å². The molecule has 2 rings (SSSR count). The number of nitrogens with zero attached hydrogens (tertiary/aromatic N) is 1. The average Bonchev–Trinajstić information content (AvgIpc) is 1.74. The summed E-state index contributed by atoms with van der Waals surface area (Å²) < 4.78 is 0. The second-order valence-electron chi connectivity index (χ2n) is 1.31. The van der Waals surface area contributed by atoms with Gasteiger partial charge in [-0.3, -0.25) is 10.4 Å². The maximum Gasteiger partial charge on any atom is 0.137 e. The standard InChI is InChI=1S/C3H4N2/c1-2-5-3(1)4-5/h1,4H,2H2. The maximum absolute atomic E-state index is 3.00. The van der Waals surface area contributed by atoms with Crippen molar-refractivity contribution in [2.24, 2.45) is 0 Å². The van der Waals surface area contributed by atoms with Crippen molar-refractivity contribution in [3.8, 4) is 0 Å². The van der Waals surface area contributed by atoms with Gasteiger partial charge >= 0.3 is 0 Å². The van der Waals surface area contributed by atoms with Gasteiger partial charge in [-0.1, -0.05) is 0 Å². The van der Waals surface area contributed by atoms with Crippen molar-refractivity contribution in [1.82, 2.24) is 10.4 Å². The molecular weight excluding hydrogens is 64.0 g/mol. The number of rotatable bonds is 0. The smallest absolute Gasteiger partial charge is 0.137 e. The molecule has 2 heteroatoms. The Morgan fingerprint density at radius 1 is 2.00 bits per heavy atom. The fraction of sp³-hybridized carbons (Fsp3) is 0.333. The van der Waals surface area contributed by atoms with E-state index < -0.39 is 0 Å². The number of nitrogens with one attached hydrogen (secondary N) is 1. The van der Waals surface area contributed by atoms with Crippen molar-refractivity contribution in [2.75, 3.05) is 6.54 Å². The summed E-state index contributed by atoms with van der Waals surface area (Å²) in [5.41, 5.74) is 3.00. The Hall–Kier alpha value is -0.660. The van der Waals surface area contributed by atoms with E-state index in [1.807, 2.05) is 0 Å². The lowest BCUT2D eigenvalue weighted by Crippen LogP contribution is -2.02. The van der Waals surface area contributed by atoms with Crippen LogP contribution in [0.5, 0.6) is 0 Å². The summed E-state index contributed by atoms with van der Waals surface area (Å²) >= 11 is 0. The Balaban J connectivity index is 2.58. The highest BCUT2D eigenvalue weighted by molar-refractivity contribution is 5.20. The first-order valence-corrected chi connectivity index (χ1v) is 1.71. The zero-order valence-corrected chi connectivity index (χ0v) is 2.73. The largest absolute Gasteiger partial charge is 0.281 e. The van der Waals surface area contributed by atoms with Crippen LogP contribution in [0.25, 0.3) is 0 Å². The Morgan fingerprint density at radius 2 is 2.80 bits per heavy atom. The molecular formula is C3H4N2. The van der Waals surface area contributed by atoms with Gasteiger partial charge in [0.2, 0.25) is 0 Å². The number of hydrogen-bond acceptors (Lipinski definition) is 2. The predicted molar refractivity (Wildman–Crippen MR) is 17.9 cm³/mol. The second-order valence-corrected chi connectivity index (χ2v) is 1.31. The van der Waals surface area contributed by atoms with Crippen LogP contribution in [0.15, 0.2) is 11.9 Å². The van der Waals surface area contributed by atoms with E-state index in [1.54, 1.807) is 0 Å². The molecule has 0 bridgehead atoms. The summed E-state index contributed by atoms with van der Waals surface area (Å²) in [5, 5.41) is 2.08. The monoisotopic (exact) mass is 68.0 g/mol. The van der Waals surface area contributed by atoms with Crippen LogP contribution >= 0.6 is 0 Å². The van der Waals surface area contributed by atoms with Crippen LogP contribution in [0.3, 0.4) is 0 Å². The molecule has 0 aliphatic carbocycles. The zero-order chi connectivity index (χ0) is 3.28. The highest BCUT2D eigenvalue weighted by Gasteiger charge is 2.30.